The van der Waals surface area contributed by atoms with Gasteiger partial charge in [0.05, 0.1) is 16.0 Å². The third kappa shape index (κ3) is 3.15. The average Bonchev–Trinajstić information content (AvgIpc) is 2.90. The molecule has 0 radical (unpaired) electrons. The van der Waals surface area contributed by atoms with E-state index in [1.54, 1.807) is 24.3 Å². The standard InChI is InChI=1S/C19H19NO5S/c1-3-13-9-10-14(4-2)17(11-13)26(23,24)25-12-20-18(21)15-7-5-6-8-16(15)19(20)22/h5-11H,3-4,12H2,1-2H3. The van der Waals surface area contributed by atoms with Gasteiger partial charge in [0.25, 0.3) is 21.9 Å². The summed E-state index contributed by atoms with van der Waals surface area (Å²) in [4.78, 5) is 25.5. The molecule has 136 valence electrons. The van der Waals surface area contributed by atoms with Gasteiger partial charge >= 0.3 is 0 Å². The van der Waals surface area contributed by atoms with E-state index in [0.717, 1.165) is 10.5 Å². The third-order valence-corrected chi connectivity index (χ3v) is 5.74. The molecule has 1 aliphatic rings. The fraction of sp³-hybridized carbons (Fsp3) is 0.263. The minimum absolute atomic E-state index is 0.0796. The van der Waals surface area contributed by atoms with Crippen LogP contribution in [0.1, 0.15) is 45.7 Å². The zero-order valence-corrected chi connectivity index (χ0v) is 15.4. The van der Waals surface area contributed by atoms with Crippen LogP contribution in [-0.4, -0.2) is 31.9 Å². The van der Waals surface area contributed by atoms with Crippen molar-refractivity contribution in [1.82, 2.24) is 4.90 Å². The van der Waals surface area contributed by atoms with Crippen LogP contribution in [-0.2, 0) is 27.1 Å². The van der Waals surface area contributed by atoms with E-state index < -0.39 is 28.7 Å². The Morgan fingerprint density at radius 2 is 1.54 bits per heavy atom. The number of carbonyl (C=O) groups excluding carboxylic acids is 2. The molecule has 1 aliphatic heterocycles. The van der Waals surface area contributed by atoms with Gasteiger partial charge in [-0.1, -0.05) is 38.1 Å². The molecule has 3 rings (SSSR count). The van der Waals surface area contributed by atoms with Gasteiger partial charge in [0.15, 0.2) is 0 Å². The first-order chi connectivity index (χ1) is 12.4. The van der Waals surface area contributed by atoms with Crippen LogP contribution in [0.3, 0.4) is 0 Å². The van der Waals surface area contributed by atoms with Gasteiger partial charge in [-0.2, -0.15) is 8.42 Å². The average molecular weight is 373 g/mol. The molecule has 0 saturated carbocycles. The zero-order chi connectivity index (χ0) is 18.9. The first kappa shape index (κ1) is 18.3. The fourth-order valence-electron chi connectivity index (χ4n) is 2.89. The molecule has 6 nitrogen and oxygen atoms in total. The summed E-state index contributed by atoms with van der Waals surface area (Å²) >= 11 is 0. The largest absolute Gasteiger partial charge is 0.299 e. The van der Waals surface area contributed by atoms with Gasteiger partial charge in [0, 0.05) is 0 Å². The van der Waals surface area contributed by atoms with E-state index in [0.29, 0.717) is 18.4 Å². The van der Waals surface area contributed by atoms with E-state index in [1.165, 1.54) is 12.1 Å². The first-order valence-electron chi connectivity index (χ1n) is 8.35. The van der Waals surface area contributed by atoms with Crippen molar-refractivity contribution >= 4 is 21.9 Å². The maximum atomic E-state index is 12.7. The van der Waals surface area contributed by atoms with E-state index in [2.05, 4.69) is 0 Å². The van der Waals surface area contributed by atoms with Crippen molar-refractivity contribution in [1.29, 1.82) is 0 Å². The molecule has 0 aliphatic carbocycles. The van der Waals surface area contributed by atoms with Gasteiger partial charge in [-0.15, -0.1) is 0 Å². The van der Waals surface area contributed by atoms with E-state index in [1.807, 2.05) is 19.9 Å². The summed E-state index contributed by atoms with van der Waals surface area (Å²) < 4.78 is 30.4. The lowest BCUT2D eigenvalue weighted by molar-refractivity contribution is 0.0532. The quantitative estimate of drug-likeness (QED) is 0.574. The highest BCUT2D eigenvalue weighted by molar-refractivity contribution is 7.86. The lowest BCUT2D eigenvalue weighted by Crippen LogP contribution is -2.33. The fourth-order valence-corrected chi connectivity index (χ4v) is 4.09. The molecular formula is C19H19NO5S. The number of benzene rings is 2. The van der Waals surface area contributed by atoms with Crippen LogP contribution in [0.25, 0.3) is 0 Å². The Labute approximate surface area is 152 Å². The Bertz CT molecular complexity index is 946. The second-order valence-corrected chi connectivity index (χ2v) is 7.52. The highest BCUT2D eigenvalue weighted by Crippen LogP contribution is 2.25. The van der Waals surface area contributed by atoms with Crippen molar-refractivity contribution in [2.45, 2.75) is 31.6 Å². The van der Waals surface area contributed by atoms with E-state index in [-0.39, 0.29) is 16.0 Å². The maximum Gasteiger partial charge on any atom is 0.299 e. The van der Waals surface area contributed by atoms with Crippen molar-refractivity contribution in [3.63, 3.8) is 0 Å². The molecule has 0 atom stereocenters. The lowest BCUT2D eigenvalue weighted by atomic mass is 10.1. The summed E-state index contributed by atoms with van der Waals surface area (Å²) in [7, 11) is -4.10. The summed E-state index contributed by atoms with van der Waals surface area (Å²) in [6.07, 6.45) is 1.21. The van der Waals surface area contributed by atoms with Crippen molar-refractivity contribution < 1.29 is 22.2 Å². The van der Waals surface area contributed by atoms with Crippen LogP contribution < -0.4 is 0 Å². The molecule has 7 heteroatoms. The number of nitrogens with zero attached hydrogens (tertiary/aromatic N) is 1. The minimum Gasteiger partial charge on any atom is -0.268 e. The molecule has 2 amide bonds. The topological polar surface area (TPSA) is 80.8 Å². The number of carbonyl (C=O) groups is 2. The molecule has 0 saturated heterocycles. The van der Waals surface area contributed by atoms with Gasteiger partial charge in [-0.05, 0) is 42.2 Å². The predicted octanol–water partition coefficient (Wildman–Crippen LogP) is 2.77. The maximum absolute atomic E-state index is 12.7. The molecule has 2 aromatic carbocycles. The molecule has 0 spiro atoms. The van der Waals surface area contributed by atoms with Crippen molar-refractivity contribution in [2.75, 3.05) is 6.73 Å². The number of hydrogen-bond acceptors (Lipinski definition) is 5. The highest BCUT2D eigenvalue weighted by Gasteiger charge is 2.36. The summed E-state index contributed by atoms with van der Waals surface area (Å²) in [6.45, 7) is 3.13. The van der Waals surface area contributed by atoms with Crippen LogP contribution >= 0.6 is 0 Å². The first-order valence-corrected chi connectivity index (χ1v) is 9.76. The highest BCUT2D eigenvalue weighted by atomic mass is 32.2. The third-order valence-electron chi connectivity index (χ3n) is 4.41. The second kappa shape index (κ2) is 7.01. The molecule has 0 fully saturated rings. The minimum atomic E-state index is -4.10. The number of imide groups is 1. The Balaban J connectivity index is 1.84. The molecule has 0 unspecified atom stereocenters. The number of rotatable bonds is 6. The molecule has 0 N–H and O–H groups in total. The van der Waals surface area contributed by atoms with Gasteiger partial charge in [0.1, 0.15) is 6.73 Å². The molecule has 0 aromatic heterocycles. The van der Waals surface area contributed by atoms with Gasteiger partial charge < -0.3 is 0 Å². The van der Waals surface area contributed by atoms with E-state index >= 15 is 0 Å². The Hall–Kier alpha value is -2.51. The zero-order valence-electron chi connectivity index (χ0n) is 14.6. The number of fused-ring (bicyclic) bond motifs is 1. The molecule has 1 heterocycles. The van der Waals surface area contributed by atoms with Gasteiger partial charge in [-0.25, -0.2) is 9.08 Å². The Morgan fingerprint density at radius 1 is 0.923 bits per heavy atom. The number of hydrogen-bond donors (Lipinski definition) is 0. The monoisotopic (exact) mass is 373 g/mol. The molecule has 0 bridgehead atoms. The lowest BCUT2D eigenvalue weighted by Gasteiger charge is -2.15. The molecule has 26 heavy (non-hydrogen) atoms. The summed E-state index contributed by atoms with van der Waals surface area (Å²) in [5, 5.41) is 0. The predicted molar refractivity (Wildman–Crippen MR) is 95.3 cm³/mol. The van der Waals surface area contributed by atoms with Crippen LogP contribution in [0, 0.1) is 0 Å². The van der Waals surface area contributed by atoms with Crippen LogP contribution in [0.5, 0.6) is 0 Å². The normalized spacial score (nSPS) is 14.0. The molecular weight excluding hydrogens is 354 g/mol. The summed E-state index contributed by atoms with van der Waals surface area (Å²) in [5.74, 6) is -1.11. The summed E-state index contributed by atoms with van der Waals surface area (Å²) in [6, 6.07) is 11.6. The van der Waals surface area contributed by atoms with Crippen molar-refractivity contribution in [2.24, 2.45) is 0 Å². The van der Waals surface area contributed by atoms with Crippen LogP contribution in [0.15, 0.2) is 47.4 Å². The van der Waals surface area contributed by atoms with E-state index in [9.17, 15) is 18.0 Å². The SMILES string of the molecule is CCc1ccc(CC)c(S(=O)(=O)OCN2C(=O)c3ccccc3C2=O)c1. The number of amides is 2. The smallest absolute Gasteiger partial charge is 0.268 e. The molecule has 2 aromatic rings. The van der Waals surface area contributed by atoms with Gasteiger partial charge in [-0.3, -0.25) is 9.59 Å². The van der Waals surface area contributed by atoms with Crippen molar-refractivity contribution in [3.8, 4) is 0 Å². The van der Waals surface area contributed by atoms with Crippen molar-refractivity contribution in [3.05, 3.63) is 64.7 Å². The summed E-state index contributed by atoms with van der Waals surface area (Å²) in [5.41, 5.74) is 2.00. The van der Waals surface area contributed by atoms with Crippen LogP contribution in [0.4, 0.5) is 0 Å². The Kier molecular flexibility index (Phi) is 4.93. The van der Waals surface area contributed by atoms with Crippen LogP contribution in [0.2, 0.25) is 0 Å². The van der Waals surface area contributed by atoms with E-state index in [4.69, 9.17) is 4.18 Å². The Morgan fingerprint density at radius 3 is 2.08 bits per heavy atom. The second-order valence-electron chi connectivity index (χ2n) is 5.93. The van der Waals surface area contributed by atoms with Gasteiger partial charge in [0.2, 0.25) is 0 Å². The number of aryl methyl sites for hydroxylation is 2.